The molecule has 0 spiro atoms. The number of hydrogen-bond donors (Lipinski definition) is 0. The van der Waals surface area contributed by atoms with E-state index >= 15 is 0 Å². The number of nitrogens with zero attached hydrogens (tertiary/aromatic N) is 1. The molecule has 1 heteroatoms. The lowest BCUT2D eigenvalue weighted by Gasteiger charge is -2.34. The van der Waals surface area contributed by atoms with Gasteiger partial charge in [0.1, 0.15) is 0 Å². The normalized spacial score (nSPS) is 18.2. The van der Waals surface area contributed by atoms with Gasteiger partial charge in [0.15, 0.2) is 0 Å². The second-order valence-electron chi connectivity index (χ2n) is 6.41. The van der Waals surface area contributed by atoms with Gasteiger partial charge in [0, 0.05) is 6.54 Å². The van der Waals surface area contributed by atoms with Gasteiger partial charge in [-0.05, 0) is 67.8 Å². The fourth-order valence-electron chi connectivity index (χ4n) is 3.31. The molecule has 0 aromatic heterocycles. The minimum Gasteiger partial charge on any atom is -0.299 e. The van der Waals surface area contributed by atoms with E-state index in [2.05, 4.69) is 50.8 Å². The van der Waals surface area contributed by atoms with Gasteiger partial charge in [-0.15, -0.1) is 0 Å². The molecule has 0 saturated carbocycles. The van der Waals surface area contributed by atoms with Crippen molar-refractivity contribution in [3.63, 3.8) is 0 Å². The molecule has 1 fully saturated rings. The van der Waals surface area contributed by atoms with Crippen LogP contribution in [0.2, 0.25) is 0 Å². The molecule has 0 amide bonds. The van der Waals surface area contributed by atoms with Crippen LogP contribution in [0.25, 0.3) is 0 Å². The Morgan fingerprint density at radius 1 is 1.16 bits per heavy atom. The number of aryl methyl sites for hydroxylation is 1. The predicted octanol–water partition coefficient (Wildman–Crippen LogP) is 4.43. The van der Waals surface area contributed by atoms with Gasteiger partial charge in [-0.25, -0.2) is 0 Å². The monoisotopic (exact) mass is 259 g/mol. The van der Waals surface area contributed by atoms with E-state index in [1.165, 1.54) is 42.6 Å². The highest BCUT2D eigenvalue weighted by Gasteiger charge is 2.21. The first-order chi connectivity index (χ1) is 9.11. The fourth-order valence-corrected chi connectivity index (χ4v) is 3.31. The minimum atomic E-state index is 0.854. The smallest absolute Gasteiger partial charge is 0.0236 e. The minimum absolute atomic E-state index is 0.854. The molecule has 1 nitrogen and oxygen atoms in total. The van der Waals surface area contributed by atoms with Gasteiger partial charge in [-0.2, -0.15) is 0 Å². The van der Waals surface area contributed by atoms with Crippen LogP contribution in [0.3, 0.4) is 0 Å². The summed E-state index contributed by atoms with van der Waals surface area (Å²) in [6.45, 7) is 13.0. The van der Waals surface area contributed by atoms with E-state index in [-0.39, 0.29) is 0 Å². The van der Waals surface area contributed by atoms with Gasteiger partial charge in [-0.1, -0.05) is 39.0 Å². The molecule has 0 unspecified atom stereocenters. The molecule has 0 radical (unpaired) electrons. The van der Waals surface area contributed by atoms with Crippen molar-refractivity contribution in [1.82, 2.24) is 4.90 Å². The van der Waals surface area contributed by atoms with Crippen molar-refractivity contribution in [3.05, 3.63) is 34.9 Å². The van der Waals surface area contributed by atoms with Crippen molar-refractivity contribution < 1.29 is 0 Å². The Balaban J connectivity index is 1.96. The Labute approximate surface area is 119 Å². The highest BCUT2D eigenvalue weighted by Crippen LogP contribution is 2.26. The van der Waals surface area contributed by atoms with Gasteiger partial charge in [0.05, 0.1) is 0 Å². The van der Waals surface area contributed by atoms with Crippen LogP contribution in [-0.2, 0) is 13.0 Å². The fraction of sp³-hybridized carbons (Fsp3) is 0.667. The van der Waals surface area contributed by atoms with Crippen LogP contribution in [0.4, 0.5) is 0 Å². The summed E-state index contributed by atoms with van der Waals surface area (Å²) in [7, 11) is 0. The predicted molar refractivity (Wildman–Crippen MR) is 83.4 cm³/mol. The molecule has 19 heavy (non-hydrogen) atoms. The largest absolute Gasteiger partial charge is 0.299 e. The summed E-state index contributed by atoms with van der Waals surface area (Å²) in [6, 6.07) is 6.80. The summed E-state index contributed by atoms with van der Waals surface area (Å²) in [4.78, 5) is 2.64. The zero-order chi connectivity index (χ0) is 13.8. The lowest BCUT2D eigenvalue weighted by Crippen LogP contribution is -2.34. The molecule has 1 heterocycles. The molecule has 106 valence electrons. The number of hydrogen-bond acceptors (Lipinski definition) is 1. The molecule has 1 aromatic rings. The van der Waals surface area contributed by atoms with Crippen molar-refractivity contribution in [1.29, 1.82) is 0 Å². The van der Waals surface area contributed by atoms with Crippen molar-refractivity contribution in [2.45, 2.75) is 53.5 Å². The zero-order valence-electron chi connectivity index (χ0n) is 13.1. The third-order valence-corrected chi connectivity index (χ3v) is 4.91. The average molecular weight is 259 g/mol. The quantitative estimate of drug-likeness (QED) is 0.773. The van der Waals surface area contributed by atoms with Crippen LogP contribution in [-0.4, -0.2) is 18.0 Å². The average Bonchev–Trinajstić information content (AvgIpc) is 2.42. The lowest BCUT2D eigenvalue weighted by molar-refractivity contribution is 0.152. The molecule has 2 rings (SSSR count). The lowest BCUT2D eigenvalue weighted by atomic mass is 9.86. The maximum absolute atomic E-state index is 2.64. The van der Waals surface area contributed by atoms with Crippen molar-refractivity contribution >= 4 is 0 Å². The molecule has 0 atom stereocenters. The summed E-state index contributed by atoms with van der Waals surface area (Å²) in [5.74, 6) is 1.80. The number of rotatable bonds is 4. The van der Waals surface area contributed by atoms with Crippen molar-refractivity contribution in [2.24, 2.45) is 11.8 Å². The second kappa shape index (κ2) is 6.56. The molecular formula is C18H29N. The Morgan fingerprint density at radius 3 is 2.37 bits per heavy atom. The summed E-state index contributed by atoms with van der Waals surface area (Å²) >= 11 is 0. The van der Waals surface area contributed by atoms with Crippen LogP contribution in [0.15, 0.2) is 18.2 Å². The summed E-state index contributed by atoms with van der Waals surface area (Å²) in [5, 5.41) is 0. The Hall–Kier alpha value is -0.820. The molecular weight excluding hydrogens is 230 g/mol. The van der Waals surface area contributed by atoms with Gasteiger partial charge in [-0.3, -0.25) is 4.90 Å². The first-order valence-corrected chi connectivity index (χ1v) is 7.91. The van der Waals surface area contributed by atoms with E-state index < -0.39 is 0 Å². The first kappa shape index (κ1) is 14.6. The summed E-state index contributed by atoms with van der Waals surface area (Å²) in [6.07, 6.45) is 3.91. The molecule has 1 saturated heterocycles. The summed E-state index contributed by atoms with van der Waals surface area (Å²) in [5.41, 5.74) is 4.55. The van der Waals surface area contributed by atoms with Crippen LogP contribution >= 0.6 is 0 Å². The third-order valence-electron chi connectivity index (χ3n) is 4.91. The molecule has 0 bridgehead atoms. The van der Waals surface area contributed by atoms with E-state index in [0.29, 0.717) is 0 Å². The van der Waals surface area contributed by atoms with E-state index in [1.807, 2.05) is 0 Å². The Morgan fingerprint density at radius 2 is 1.79 bits per heavy atom. The number of benzene rings is 1. The topological polar surface area (TPSA) is 3.24 Å². The van der Waals surface area contributed by atoms with E-state index in [9.17, 15) is 0 Å². The number of likely N-dealkylation sites (tertiary alicyclic amines) is 1. The van der Waals surface area contributed by atoms with E-state index in [0.717, 1.165) is 24.8 Å². The zero-order valence-corrected chi connectivity index (χ0v) is 13.1. The SMILES string of the molecule is CCc1cccc(CN2CCC(C(C)C)CC2)c1C. The molecule has 1 aromatic carbocycles. The standard InChI is InChI=1S/C18H29N/c1-5-16-7-6-8-18(15(16)4)13-19-11-9-17(10-12-19)14(2)3/h6-8,14,17H,5,9-13H2,1-4H3. The van der Waals surface area contributed by atoms with E-state index in [1.54, 1.807) is 0 Å². The first-order valence-electron chi connectivity index (χ1n) is 7.91. The van der Waals surface area contributed by atoms with Crippen LogP contribution < -0.4 is 0 Å². The maximum Gasteiger partial charge on any atom is 0.0236 e. The van der Waals surface area contributed by atoms with Crippen LogP contribution in [0, 0.1) is 18.8 Å². The van der Waals surface area contributed by atoms with Gasteiger partial charge >= 0.3 is 0 Å². The molecule has 1 aliphatic heterocycles. The molecule has 1 aliphatic rings. The second-order valence-corrected chi connectivity index (χ2v) is 6.41. The molecule has 0 N–H and O–H groups in total. The Bertz CT molecular complexity index is 400. The maximum atomic E-state index is 2.64. The van der Waals surface area contributed by atoms with Crippen LogP contribution in [0.1, 0.15) is 50.3 Å². The van der Waals surface area contributed by atoms with Gasteiger partial charge in [0.25, 0.3) is 0 Å². The van der Waals surface area contributed by atoms with Gasteiger partial charge in [0.2, 0.25) is 0 Å². The third kappa shape index (κ3) is 3.60. The van der Waals surface area contributed by atoms with Gasteiger partial charge < -0.3 is 0 Å². The van der Waals surface area contributed by atoms with Crippen molar-refractivity contribution in [2.75, 3.05) is 13.1 Å². The molecule has 0 aliphatic carbocycles. The number of piperidine rings is 1. The van der Waals surface area contributed by atoms with Crippen molar-refractivity contribution in [3.8, 4) is 0 Å². The highest BCUT2D eigenvalue weighted by atomic mass is 15.1. The Kier molecular flexibility index (Phi) is 5.04. The summed E-state index contributed by atoms with van der Waals surface area (Å²) < 4.78 is 0. The highest BCUT2D eigenvalue weighted by molar-refractivity contribution is 5.34. The van der Waals surface area contributed by atoms with Crippen LogP contribution in [0.5, 0.6) is 0 Å². The van der Waals surface area contributed by atoms with E-state index in [4.69, 9.17) is 0 Å².